The van der Waals surface area contributed by atoms with Gasteiger partial charge in [0, 0.05) is 32.0 Å². The SMILES string of the molecule is O=C(NC(C(=O)O)C1CCCOC1)C1CC(=O)N(Cc2ccccc2)C1. The zero-order valence-corrected chi connectivity index (χ0v) is 14.6. The van der Waals surface area contributed by atoms with Crippen LogP contribution in [0.3, 0.4) is 0 Å². The monoisotopic (exact) mass is 360 g/mol. The van der Waals surface area contributed by atoms with E-state index in [2.05, 4.69) is 5.32 Å². The van der Waals surface area contributed by atoms with Crippen molar-refractivity contribution < 1.29 is 24.2 Å². The van der Waals surface area contributed by atoms with E-state index in [0.29, 0.717) is 32.7 Å². The third kappa shape index (κ3) is 4.40. The van der Waals surface area contributed by atoms with Gasteiger partial charge in [0.15, 0.2) is 0 Å². The van der Waals surface area contributed by atoms with Gasteiger partial charge in [-0.3, -0.25) is 9.59 Å². The maximum atomic E-state index is 12.6. The van der Waals surface area contributed by atoms with Gasteiger partial charge in [0.05, 0.1) is 12.5 Å². The molecular weight excluding hydrogens is 336 g/mol. The molecule has 0 radical (unpaired) electrons. The summed E-state index contributed by atoms with van der Waals surface area (Å²) in [6, 6.07) is 8.62. The van der Waals surface area contributed by atoms with Crippen LogP contribution in [0.1, 0.15) is 24.8 Å². The molecule has 2 N–H and O–H groups in total. The van der Waals surface area contributed by atoms with Crippen molar-refractivity contribution in [2.24, 2.45) is 11.8 Å². The number of amides is 2. The van der Waals surface area contributed by atoms with Crippen LogP contribution in [0.4, 0.5) is 0 Å². The number of nitrogens with one attached hydrogen (secondary N) is 1. The van der Waals surface area contributed by atoms with Gasteiger partial charge in [-0.2, -0.15) is 0 Å². The molecule has 3 rings (SSSR count). The molecule has 0 saturated carbocycles. The molecule has 26 heavy (non-hydrogen) atoms. The van der Waals surface area contributed by atoms with E-state index >= 15 is 0 Å². The van der Waals surface area contributed by atoms with E-state index in [0.717, 1.165) is 12.0 Å². The second-order valence-electron chi connectivity index (χ2n) is 6.96. The molecule has 3 unspecified atom stereocenters. The number of benzene rings is 1. The summed E-state index contributed by atoms with van der Waals surface area (Å²) in [5.41, 5.74) is 1.00. The van der Waals surface area contributed by atoms with Crippen LogP contribution >= 0.6 is 0 Å². The van der Waals surface area contributed by atoms with Crippen LogP contribution in [0.15, 0.2) is 30.3 Å². The topological polar surface area (TPSA) is 95.9 Å². The Kier molecular flexibility index (Phi) is 5.88. The Hall–Kier alpha value is -2.41. The number of rotatable bonds is 6. The summed E-state index contributed by atoms with van der Waals surface area (Å²) in [4.78, 5) is 38.0. The second kappa shape index (κ2) is 8.31. The molecule has 140 valence electrons. The molecule has 2 saturated heterocycles. The Bertz CT molecular complexity index is 657. The number of carbonyl (C=O) groups excluding carboxylic acids is 2. The van der Waals surface area contributed by atoms with Crippen molar-refractivity contribution in [2.75, 3.05) is 19.8 Å². The molecular formula is C19H24N2O5. The van der Waals surface area contributed by atoms with E-state index in [1.165, 1.54) is 0 Å². The zero-order valence-electron chi connectivity index (χ0n) is 14.6. The lowest BCUT2D eigenvalue weighted by Gasteiger charge is -2.28. The van der Waals surface area contributed by atoms with Crippen LogP contribution in [0, 0.1) is 11.8 Å². The number of carboxylic acids is 1. The van der Waals surface area contributed by atoms with Crippen molar-refractivity contribution in [3.63, 3.8) is 0 Å². The van der Waals surface area contributed by atoms with Gasteiger partial charge in [-0.25, -0.2) is 4.79 Å². The summed E-state index contributed by atoms with van der Waals surface area (Å²) in [6.07, 6.45) is 1.62. The van der Waals surface area contributed by atoms with Gasteiger partial charge in [-0.1, -0.05) is 30.3 Å². The number of ether oxygens (including phenoxy) is 1. The smallest absolute Gasteiger partial charge is 0.326 e. The minimum Gasteiger partial charge on any atom is -0.480 e. The van der Waals surface area contributed by atoms with Crippen molar-refractivity contribution in [1.82, 2.24) is 10.2 Å². The van der Waals surface area contributed by atoms with Crippen molar-refractivity contribution in [3.05, 3.63) is 35.9 Å². The number of hydrogen-bond acceptors (Lipinski definition) is 4. The van der Waals surface area contributed by atoms with Gasteiger partial charge in [0.1, 0.15) is 6.04 Å². The standard InChI is InChI=1S/C19H24N2O5/c22-16-9-15(11-21(16)10-13-5-2-1-3-6-13)18(23)20-17(19(24)25)14-7-4-8-26-12-14/h1-3,5-6,14-15,17H,4,7-12H2,(H,20,23)(H,24,25). The van der Waals surface area contributed by atoms with Crippen molar-refractivity contribution in [3.8, 4) is 0 Å². The number of carbonyl (C=O) groups is 3. The fraction of sp³-hybridized carbons (Fsp3) is 0.526. The first-order valence-electron chi connectivity index (χ1n) is 8.97. The molecule has 7 heteroatoms. The van der Waals surface area contributed by atoms with Crippen LogP contribution in [0.5, 0.6) is 0 Å². The Morgan fingerprint density at radius 1 is 1.31 bits per heavy atom. The van der Waals surface area contributed by atoms with E-state index in [9.17, 15) is 19.5 Å². The lowest BCUT2D eigenvalue weighted by molar-refractivity contribution is -0.145. The molecule has 2 aliphatic rings. The zero-order chi connectivity index (χ0) is 18.5. The molecule has 0 aromatic heterocycles. The predicted molar refractivity (Wildman–Crippen MR) is 93.1 cm³/mol. The predicted octanol–water partition coefficient (Wildman–Crippen LogP) is 1.03. The second-order valence-corrected chi connectivity index (χ2v) is 6.96. The number of aliphatic carboxylic acids is 1. The maximum absolute atomic E-state index is 12.6. The van der Waals surface area contributed by atoms with Crippen molar-refractivity contribution in [2.45, 2.75) is 31.8 Å². The van der Waals surface area contributed by atoms with Gasteiger partial charge in [0.2, 0.25) is 11.8 Å². The van der Waals surface area contributed by atoms with Gasteiger partial charge in [0.25, 0.3) is 0 Å². The molecule has 0 spiro atoms. The molecule has 3 atom stereocenters. The molecule has 1 aromatic carbocycles. The molecule has 7 nitrogen and oxygen atoms in total. The van der Waals surface area contributed by atoms with E-state index in [1.807, 2.05) is 30.3 Å². The summed E-state index contributed by atoms with van der Waals surface area (Å²) < 4.78 is 5.34. The van der Waals surface area contributed by atoms with Crippen molar-refractivity contribution in [1.29, 1.82) is 0 Å². The van der Waals surface area contributed by atoms with E-state index in [1.54, 1.807) is 4.90 Å². The van der Waals surface area contributed by atoms with Gasteiger partial charge in [-0.15, -0.1) is 0 Å². The minimum absolute atomic E-state index is 0.0816. The highest BCUT2D eigenvalue weighted by atomic mass is 16.5. The highest BCUT2D eigenvalue weighted by molar-refractivity contribution is 5.91. The van der Waals surface area contributed by atoms with Crippen LogP contribution in [-0.4, -0.2) is 53.6 Å². The van der Waals surface area contributed by atoms with Gasteiger partial charge >= 0.3 is 5.97 Å². The molecule has 2 fully saturated rings. The number of hydrogen-bond donors (Lipinski definition) is 2. The molecule has 1 aromatic rings. The third-order valence-corrected chi connectivity index (χ3v) is 5.03. The Morgan fingerprint density at radius 3 is 2.73 bits per heavy atom. The summed E-state index contributed by atoms with van der Waals surface area (Å²) >= 11 is 0. The highest BCUT2D eigenvalue weighted by Crippen LogP contribution is 2.22. The summed E-state index contributed by atoms with van der Waals surface area (Å²) in [7, 11) is 0. The van der Waals surface area contributed by atoms with Crippen molar-refractivity contribution >= 4 is 17.8 Å². The normalized spacial score (nSPS) is 24.3. The average molecular weight is 360 g/mol. The quantitative estimate of drug-likeness (QED) is 0.790. The minimum atomic E-state index is -1.06. The van der Waals surface area contributed by atoms with E-state index in [4.69, 9.17) is 4.74 Å². The Balaban J connectivity index is 1.58. The number of likely N-dealkylation sites (tertiary alicyclic amines) is 1. The van der Waals surface area contributed by atoms with E-state index < -0.39 is 17.9 Å². The highest BCUT2D eigenvalue weighted by Gasteiger charge is 2.38. The molecule has 0 bridgehead atoms. The first kappa shape index (κ1) is 18.4. The Morgan fingerprint density at radius 2 is 2.08 bits per heavy atom. The van der Waals surface area contributed by atoms with E-state index in [-0.39, 0.29) is 24.2 Å². The third-order valence-electron chi connectivity index (χ3n) is 5.03. The Labute approximate surface area is 152 Å². The molecule has 2 amide bonds. The largest absolute Gasteiger partial charge is 0.480 e. The number of carboxylic acid groups (broad SMARTS) is 1. The molecule has 0 aliphatic carbocycles. The van der Waals surface area contributed by atoms with Gasteiger partial charge in [-0.05, 0) is 18.4 Å². The first-order chi connectivity index (χ1) is 12.5. The summed E-state index contributed by atoms with van der Waals surface area (Å²) in [6.45, 7) is 1.73. The van der Waals surface area contributed by atoms with Gasteiger partial charge < -0.3 is 20.1 Å². The fourth-order valence-electron chi connectivity index (χ4n) is 3.59. The first-order valence-corrected chi connectivity index (χ1v) is 8.97. The lowest BCUT2D eigenvalue weighted by Crippen LogP contribution is -2.50. The summed E-state index contributed by atoms with van der Waals surface area (Å²) in [5, 5.41) is 12.1. The van der Waals surface area contributed by atoms with Crippen LogP contribution in [0.2, 0.25) is 0 Å². The van der Waals surface area contributed by atoms with Crippen LogP contribution in [-0.2, 0) is 25.7 Å². The number of nitrogens with zero attached hydrogens (tertiary/aromatic N) is 1. The molecule has 2 heterocycles. The fourth-order valence-corrected chi connectivity index (χ4v) is 3.59. The molecule has 2 aliphatic heterocycles. The van der Waals surface area contributed by atoms with Crippen LogP contribution < -0.4 is 5.32 Å². The van der Waals surface area contributed by atoms with Crippen LogP contribution in [0.25, 0.3) is 0 Å². The maximum Gasteiger partial charge on any atom is 0.326 e. The lowest BCUT2D eigenvalue weighted by atomic mass is 9.93. The summed E-state index contributed by atoms with van der Waals surface area (Å²) in [5.74, 6) is -2.26. The average Bonchev–Trinajstić information content (AvgIpc) is 3.01.